The lowest BCUT2D eigenvalue weighted by molar-refractivity contribution is -0.577. The molecule has 0 saturated heterocycles. The first-order valence-corrected chi connectivity index (χ1v) is 4.50. The molecule has 0 N–H and O–H groups in total. The van der Waals surface area contributed by atoms with Gasteiger partial charge in [0.25, 0.3) is 0 Å². The summed E-state index contributed by atoms with van der Waals surface area (Å²) in [4.78, 5) is 0. The quantitative estimate of drug-likeness (QED) is 0.599. The summed E-state index contributed by atoms with van der Waals surface area (Å²) in [6.45, 7) is 5.97. The molecule has 1 aromatic rings. The van der Waals surface area contributed by atoms with Gasteiger partial charge in [-0.05, 0) is 13.0 Å². The maximum absolute atomic E-state index is 3.76. The second-order valence-electron chi connectivity index (χ2n) is 2.89. The summed E-state index contributed by atoms with van der Waals surface area (Å²) in [5.41, 5.74) is 1.34. The summed E-state index contributed by atoms with van der Waals surface area (Å²) in [6, 6.07) is 6.25. The minimum atomic E-state index is 1.14. The number of rotatable bonds is 4. The summed E-state index contributed by atoms with van der Waals surface area (Å²) in [6.07, 6.45) is 7.52. The Kier molecular flexibility index (Phi) is 3.52. The van der Waals surface area contributed by atoms with Gasteiger partial charge in [-0.2, -0.15) is 4.57 Å². The van der Waals surface area contributed by atoms with Crippen molar-refractivity contribution >= 4 is 6.20 Å². The molecule has 1 aromatic heterocycles. The van der Waals surface area contributed by atoms with Crippen molar-refractivity contribution in [1.82, 2.24) is 0 Å². The number of hydrogen-bond acceptors (Lipinski definition) is 0. The molecular weight excluding hydrogens is 146 g/mol. The van der Waals surface area contributed by atoms with Crippen LogP contribution in [0.1, 0.15) is 25.5 Å². The van der Waals surface area contributed by atoms with Gasteiger partial charge in [0, 0.05) is 18.6 Å². The van der Waals surface area contributed by atoms with Crippen molar-refractivity contribution in [3.05, 3.63) is 36.7 Å². The molecule has 1 heteroatoms. The Morgan fingerprint density at radius 2 is 2.33 bits per heavy atom. The standard InChI is InChI=1S/C11H16N/c1-3-5-8-11-9-6-7-10-12(11)4-2/h4,6-7,9-10H,2-3,5,8H2,1H3/q+1. The maximum Gasteiger partial charge on any atom is 0.186 e. The molecule has 0 atom stereocenters. The van der Waals surface area contributed by atoms with Crippen LogP contribution in [0.15, 0.2) is 31.0 Å². The number of hydrogen-bond donors (Lipinski definition) is 0. The number of pyridine rings is 1. The minimum absolute atomic E-state index is 1.14. The van der Waals surface area contributed by atoms with Crippen LogP contribution in [0.3, 0.4) is 0 Å². The Hall–Kier alpha value is -1.11. The fraction of sp³-hybridized carbons (Fsp3) is 0.364. The normalized spacial score (nSPS) is 9.75. The van der Waals surface area contributed by atoms with Crippen LogP contribution >= 0.6 is 0 Å². The monoisotopic (exact) mass is 162 g/mol. The molecule has 0 amide bonds. The predicted molar refractivity (Wildman–Crippen MR) is 51.6 cm³/mol. The van der Waals surface area contributed by atoms with Crippen LogP contribution in [0.4, 0.5) is 0 Å². The van der Waals surface area contributed by atoms with Gasteiger partial charge in [-0.1, -0.05) is 19.4 Å². The summed E-state index contributed by atoms with van der Waals surface area (Å²) in [5.74, 6) is 0. The van der Waals surface area contributed by atoms with E-state index in [-0.39, 0.29) is 0 Å². The first-order chi connectivity index (χ1) is 5.88. The van der Waals surface area contributed by atoms with Gasteiger partial charge in [-0.25, -0.2) is 0 Å². The number of nitrogens with zero attached hydrogens (tertiary/aromatic N) is 1. The van der Waals surface area contributed by atoms with E-state index >= 15 is 0 Å². The first kappa shape index (κ1) is 8.98. The molecule has 0 spiro atoms. The average Bonchev–Trinajstić information content (AvgIpc) is 2.15. The zero-order valence-corrected chi connectivity index (χ0v) is 7.66. The summed E-state index contributed by atoms with van der Waals surface area (Å²) in [5, 5.41) is 0. The molecule has 1 nitrogen and oxygen atoms in total. The fourth-order valence-corrected chi connectivity index (χ4v) is 1.24. The Balaban J connectivity index is 2.75. The van der Waals surface area contributed by atoms with Gasteiger partial charge in [-0.3, -0.25) is 0 Å². The molecule has 1 heterocycles. The van der Waals surface area contributed by atoms with E-state index in [1.165, 1.54) is 18.5 Å². The molecule has 0 saturated carbocycles. The van der Waals surface area contributed by atoms with E-state index in [1.54, 1.807) is 0 Å². The van der Waals surface area contributed by atoms with Crippen molar-refractivity contribution in [3.8, 4) is 0 Å². The number of aromatic nitrogens is 1. The average molecular weight is 162 g/mol. The highest BCUT2D eigenvalue weighted by atomic mass is 14.9. The fourth-order valence-electron chi connectivity index (χ4n) is 1.24. The molecule has 12 heavy (non-hydrogen) atoms. The zero-order valence-electron chi connectivity index (χ0n) is 7.66. The van der Waals surface area contributed by atoms with Crippen molar-refractivity contribution < 1.29 is 4.57 Å². The van der Waals surface area contributed by atoms with Crippen molar-refractivity contribution in [3.63, 3.8) is 0 Å². The van der Waals surface area contributed by atoms with E-state index in [9.17, 15) is 0 Å². The Morgan fingerprint density at radius 1 is 1.50 bits per heavy atom. The lowest BCUT2D eigenvalue weighted by Gasteiger charge is -1.96. The van der Waals surface area contributed by atoms with E-state index in [4.69, 9.17) is 0 Å². The topological polar surface area (TPSA) is 3.88 Å². The third kappa shape index (κ3) is 2.19. The summed E-state index contributed by atoms with van der Waals surface area (Å²) < 4.78 is 2.08. The van der Waals surface area contributed by atoms with Crippen LogP contribution in [0.5, 0.6) is 0 Å². The van der Waals surface area contributed by atoms with E-state index in [0.717, 1.165) is 6.42 Å². The third-order valence-corrected chi connectivity index (χ3v) is 1.96. The molecule has 1 rings (SSSR count). The van der Waals surface area contributed by atoms with Crippen LogP contribution in [0, 0.1) is 0 Å². The molecular formula is C11H16N+. The van der Waals surface area contributed by atoms with E-state index in [2.05, 4.69) is 30.2 Å². The van der Waals surface area contributed by atoms with E-state index < -0.39 is 0 Å². The summed E-state index contributed by atoms with van der Waals surface area (Å²) >= 11 is 0. The highest BCUT2D eigenvalue weighted by molar-refractivity contribution is 5.04. The van der Waals surface area contributed by atoms with Crippen LogP contribution in [0.2, 0.25) is 0 Å². The third-order valence-electron chi connectivity index (χ3n) is 1.96. The van der Waals surface area contributed by atoms with Crippen LogP contribution in [-0.4, -0.2) is 0 Å². The molecule has 0 bridgehead atoms. The van der Waals surface area contributed by atoms with Gasteiger partial charge in [0.2, 0.25) is 0 Å². The second kappa shape index (κ2) is 4.70. The molecule has 0 radical (unpaired) electrons. The molecule has 0 aliphatic carbocycles. The lowest BCUT2D eigenvalue weighted by Crippen LogP contribution is -2.30. The number of unbranched alkanes of at least 4 members (excludes halogenated alkanes) is 1. The van der Waals surface area contributed by atoms with Crippen molar-refractivity contribution in [2.45, 2.75) is 26.2 Å². The first-order valence-electron chi connectivity index (χ1n) is 4.50. The summed E-state index contributed by atoms with van der Waals surface area (Å²) in [7, 11) is 0. The molecule has 0 fully saturated rings. The zero-order chi connectivity index (χ0) is 8.81. The highest BCUT2D eigenvalue weighted by Gasteiger charge is 2.03. The van der Waals surface area contributed by atoms with Crippen molar-refractivity contribution in [2.24, 2.45) is 0 Å². The number of aryl methyl sites for hydroxylation is 1. The van der Waals surface area contributed by atoms with Gasteiger partial charge >= 0.3 is 0 Å². The van der Waals surface area contributed by atoms with Crippen LogP contribution in [-0.2, 0) is 6.42 Å². The Labute approximate surface area is 74.4 Å². The maximum atomic E-state index is 3.76. The van der Waals surface area contributed by atoms with Gasteiger partial charge in [0.15, 0.2) is 18.1 Å². The van der Waals surface area contributed by atoms with E-state index in [1.807, 2.05) is 18.5 Å². The molecule has 0 aliphatic heterocycles. The van der Waals surface area contributed by atoms with Gasteiger partial charge < -0.3 is 0 Å². The highest BCUT2D eigenvalue weighted by Crippen LogP contribution is 1.98. The van der Waals surface area contributed by atoms with Gasteiger partial charge in [0.05, 0.1) is 0 Å². The Bertz CT molecular complexity index is 253. The molecule has 0 aromatic carbocycles. The van der Waals surface area contributed by atoms with Crippen LogP contribution < -0.4 is 4.57 Å². The lowest BCUT2D eigenvalue weighted by atomic mass is 10.2. The minimum Gasteiger partial charge on any atom is -0.172 e. The predicted octanol–water partition coefficient (Wildman–Crippen LogP) is 2.42. The molecule has 0 aliphatic rings. The SMILES string of the molecule is C=C[n+]1ccccc1CCCC. The second-order valence-corrected chi connectivity index (χ2v) is 2.89. The Morgan fingerprint density at radius 3 is 3.00 bits per heavy atom. The van der Waals surface area contributed by atoms with E-state index in [0.29, 0.717) is 0 Å². The van der Waals surface area contributed by atoms with Crippen molar-refractivity contribution in [1.29, 1.82) is 0 Å². The van der Waals surface area contributed by atoms with Gasteiger partial charge in [0.1, 0.15) is 0 Å². The largest absolute Gasteiger partial charge is 0.186 e. The van der Waals surface area contributed by atoms with Gasteiger partial charge in [-0.15, -0.1) is 0 Å². The van der Waals surface area contributed by atoms with Crippen molar-refractivity contribution in [2.75, 3.05) is 0 Å². The van der Waals surface area contributed by atoms with Crippen LogP contribution in [0.25, 0.3) is 6.20 Å². The molecule has 0 unspecified atom stereocenters. The molecule has 64 valence electrons. The smallest absolute Gasteiger partial charge is 0.172 e.